The molecule has 124 valence electrons. The van der Waals surface area contributed by atoms with E-state index in [2.05, 4.69) is 15.3 Å². The number of fused-ring (bicyclic) bond motifs is 1. The van der Waals surface area contributed by atoms with Gasteiger partial charge in [-0.05, 0) is 0 Å². The number of rotatable bonds is 3. The zero-order valence-electron chi connectivity index (χ0n) is 12.1. The van der Waals surface area contributed by atoms with Gasteiger partial charge in [0.1, 0.15) is 22.1 Å². The average Bonchev–Trinajstić information content (AvgIpc) is 3.01. The molecule has 24 heavy (non-hydrogen) atoms. The van der Waals surface area contributed by atoms with Gasteiger partial charge in [0.15, 0.2) is 11.5 Å². The van der Waals surface area contributed by atoms with Crippen LogP contribution in [-0.2, 0) is 0 Å². The van der Waals surface area contributed by atoms with Gasteiger partial charge in [-0.25, -0.2) is 9.97 Å². The van der Waals surface area contributed by atoms with E-state index in [1.54, 1.807) is 11.6 Å². The van der Waals surface area contributed by atoms with Crippen molar-refractivity contribution in [1.82, 2.24) is 9.97 Å². The summed E-state index contributed by atoms with van der Waals surface area (Å²) >= 11 is 13.6. The smallest absolute Gasteiger partial charge is 0.258 e. The molecule has 0 bridgehead atoms. The van der Waals surface area contributed by atoms with Crippen LogP contribution in [-0.4, -0.2) is 28.1 Å². The minimum Gasteiger partial charge on any atom is -0.504 e. The number of nitrogens with one attached hydrogen (secondary N) is 1. The van der Waals surface area contributed by atoms with Crippen LogP contribution in [0.3, 0.4) is 0 Å². The molecule has 0 fully saturated rings. The highest BCUT2D eigenvalue weighted by molar-refractivity contribution is 7.17. The van der Waals surface area contributed by atoms with Crippen molar-refractivity contribution in [2.24, 2.45) is 0 Å². The quantitative estimate of drug-likeness (QED) is 0.470. The molecule has 0 spiro atoms. The molecule has 1 amide bonds. The number of amides is 1. The van der Waals surface area contributed by atoms with Gasteiger partial charge < -0.3 is 20.9 Å². The van der Waals surface area contributed by atoms with E-state index < -0.39 is 11.7 Å². The maximum atomic E-state index is 12.6. The molecule has 0 unspecified atom stereocenters. The van der Waals surface area contributed by atoms with Gasteiger partial charge in [-0.3, -0.25) is 4.79 Å². The molecule has 0 aliphatic carbocycles. The summed E-state index contributed by atoms with van der Waals surface area (Å²) in [6.07, 6.45) is 2.96. The second kappa shape index (κ2) is 6.31. The van der Waals surface area contributed by atoms with Crippen molar-refractivity contribution in [3.8, 4) is 11.5 Å². The standard InChI is InChI=1S/C14H10Cl2N4O3S/c1-23-13-8(16)11(7(15)12(21)9(13)17)20-14(22)5-3-24-6-2-18-4-19-10(5)6/h2-4,21H,17H2,1H3,(H,20,22). The van der Waals surface area contributed by atoms with Crippen molar-refractivity contribution in [3.63, 3.8) is 0 Å². The molecule has 10 heteroatoms. The molecule has 3 aromatic rings. The predicted molar refractivity (Wildman–Crippen MR) is 94.5 cm³/mol. The van der Waals surface area contributed by atoms with Crippen LogP contribution < -0.4 is 15.8 Å². The van der Waals surface area contributed by atoms with Crippen LogP contribution in [0.2, 0.25) is 10.0 Å². The molecule has 0 atom stereocenters. The van der Waals surface area contributed by atoms with E-state index in [4.69, 9.17) is 33.7 Å². The summed E-state index contributed by atoms with van der Waals surface area (Å²) in [5, 5.41) is 14.0. The Morgan fingerprint density at radius 2 is 2.17 bits per heavy atom. The molecule has 0 radical (unpaired) electrons. The maximum Gasteiger partial charge on any atom is 0.258 e. The number of hydrogen-bond acceptors (Lipinski definition) is 7. The summed E-state index contributed by atoms with van der Waals surface area (Å²) in [6, 6.07) is 0. The number of hydrogen-bond donors (Lipinski definition) is 3. The molecular weight excluding hydrogens is 375 g/mol. The van der Waals surface area contributed by atoms with Crippen LogP contribution in [0.15, 0.2) is 17.9 Å². The molecule has 7 nitrogen and oxygen atoms in total. The molecule has 0 aliphatic rings. The van der Waals surface area contributed by atoms with Crippen LogP contribution in [0.5, 0.6) is 11.5 Å². The fraction of sp³-hybridized carbons (Fsp3) is 0.0714. The lowest BCUT2D eigenvalue weighted by Gasteiger charge is -2.15. The lowest BCUT2D eigenvalue weighted by Crippen LogP contribution is -2.13. The molecule has 2 aromatic heterocycles. The normalized spacial score (nSPS) is 10.8. The minimum absolute atomic E-state index is 0.000268. The van der Waals surface area contributed by atoms with E-state index >= 15 is 0 Å². The van der Waals surface area contributed by atoms with E-state index in [-0.39, 0.29) is 27.2 Å². The fourth-order valence-electron chi connectivity index (χ4n) is 2.11. The first kappa shape index (κ1) is 16.6. The third kappa shape index (κ3) is 2.58. The first-order valence-electron chi connectivity index (χ1n) is 6.47. The number of anilines is 2. The number of thiophene rings is 1. The number of aromatic nitrogens is 2. The maximum absolute atomic E-state index is 12.6. The molecule has 0 saturated carbocycles. The second-order valence-electron chi connectivity index (χ2n) is 4.64. The Bertz CT molecular complexity index is 961. The summed E-state index contributed by atoms with van der Waals surface area (Å²) in [4.78, 5) is 20.5. The Kier molecular flexibility index (Phi) is 4.35. The third-order valence-corrected chi connectivity index (χ3v) is 4.91. The zero-order chi connectivity index (χ0) is 17.4. The van der Waals surface area contributed by atoms with Gasteiger partial charge in [0.25, 0.3) is 5.91 Å². The number of carbonyl (C=O) groups excluding carboxylic acids is 1. The van der Waals surface area contributed by atoms with Crippen molar-refractivity contribution < 1.29 is 14.6 Å². The Morgan fingerprint density at radius 1 is 1.42 bits per heavy atom. The Morgan fingerprint density at radius 3 is 2.88 bits per heavy atom. The van der Waals surface area contributed by atoms with E-state index in [1.807, 2.05) is 0 Å². The summed E-state index contributed by atoms with van der Waals surface area (Å²) < 4.78 is 5.81. The monoisotopic (exact) mass is 384 g/mol. The van der Waals surface area contributed by atoms with Gasteiger partial charge in [-0.15, -0.1) is 11.3 Å². The van der Waals surface area contributed by atoms with Gasteiger partial charge >= 0.3 is 0 Å². The van der Waals surface area contributed by atoms with Crippen molar-refractivity contribution in [1.29, 1.82) is 0 Å². The highest BCUT2D eigenvalue weighted by Crippen LogP contribution is 2.49. The number of benzene rings is 1. The lowest BCUT2D eigenvalue weighted by atomic mass is 10.2. The van der Waals surface area contributed by atoms with Crippen LogP contribution >= 0.6 is 34.5 Å². The number of aromatic hydroxyl groups is 1. The number of phenolic OH excluding ortho intramolecular Hbond substituents is 1. The van der Waals surface area contributed by atoms with Crippen molar-refractivity contribution in [2.75, 3.05) is 18.2 Å². The first-order chi connectivity index (χ1) is 11.5. The summed E-state index contributed by atoms with van der Waals surface area (Å²) in [5.74, 6) is -0.896. The topological polar surface area (TPSA) is 110 Å². The van der Waals surface area contributed by atoms with E-state index in [0.717, 1.165) is 4.70 Å². The van der Waals surface area contributed by atoms with E-state index in [1.165, 1.54) is 24.8 Å². The van der Waals surface area contributed by atoms with Crippen LogP contribution in [0.1, 0.15) is 10.4 Å². The number of phenols is 1. The Balaban J connectivity index is 2.05. The molecule has 4 N–H and O–H groups in total. The number of nitrogen functional groups attached to an aromatic ring is 1. The first-order valence-corrected chi connectivity index (χ1v) is 8.11. The number of nitrogens with zero attached hydrogens (tertiary/aromatic N) is 2. The third-order valence-electron chi connectivity index (χ3n) is 3.27. The largest absolute Gasteiger partial charge is 0.504 e. The summed E-state index contributed by atoms with van der Waals surface area (Å²) in [5.41, 5.74) is 6.42. The van der Waals surface area contributed by atoms with Gasteiger partial charge in [0, 0.05) is 11.6 Å². The highest BCUT2D eigenvalue weighted by Gasteiger charge is 2.24. The number of ether oxygens (including phenoxy) is 1. The lowest BCUT2D eigenvalue weighted by molar-refractivity contribution is 0.102. The predicted octanol–water partition coefficient (Wildman–Crippen LogP) is 3.55. The summed E-state index contributed by atoms with van der Waals surface area (Å²) in [6.45, 7) is 0. The highest BCUT2D eigenvalue weighted by atomic mass is 35.5. The molecule has 1 aromatic carbocycles. The van der Waals surface area contributed by atoms with Crippen LogP contribution in [0.4, 0.5) is 11.4 Å². The van der Waals surface area contributed by atoms with Crippen LogP contribution in [0.25, 0.3) is 10.2 Å². The van der Waals surface area contributed by atoms with E-state index in [0.29, 0.717) is 11.1 Å². The fourth-order valence-corrected chi connectivity index (χ4v) is 3.58. The van der Waals surface area contributed by atoms with Crippen LogP contribution in [0, 0.1) is 0 Å². The van der Waals surface area contributed by atoms with Gasteiger partial charge in [-0.2, -0.15) is 0 Å². The Hall–Kier alpha value is -2.29. The number of methoxy groups -OCH3 is 1. The van der Waals surface area contributed by atoms with Gasteiger partial charge in [0.05, 0.1) is 28.6 Å². The van der Waals surface area contributed by atoms with Gasteiger partial charge in [0.2, 0.25) is 0 Å². The molecule has 0 saturated heterocycles. The Labute approximate surface area is 150 Å². The average molecular weight is 385 g/mol. The van der Waals surface area contributed by atoms with Crippen molar-refractivity contribution >= 4 is 62.0 Å². The number of nitrogens with two attached hydrogens (primary N) is 1. The number of carbonyl (C=O) groups is 1. The molecule has 0 aliphatic heterocycles. The molecule has 3 rings (SSSR count). The summed E-state index contributed by atoms with van der Waals surface area (Å²) in [7, 11) is 1.33. The van der Waals surface area contributed by atoms with E-state index in [9.17, 15) is 9.90 Å². The zero-order valence-corrected chi connectivity index (χ0v) is 14.5. The SMILES string of the molecule is COc1c(N)c(O)c(Cl)c(NC(=O)c2csc3cncnc23)c1Cl. The molecule has 2 heterocycles. The minimum atomic E-state index is -0.491. The van der Waals surface area contributed by atoms with Gasteiger partial charge in [-0.1, -0.05) is 23.2 Å². The molecular formula is C14H10Cl2N4O3S. The van der Waals surface area contributed by atoms with Crippen molar-refractivity contribution in [3.05, 3.63) is 33.5 Å². The number of halogens is 2. The second-order valence-corrected chi connectivity index (χ2v) is 6.30. The van der Waals surface area contributed by atoms with Crippen molar-refractivity contribution in [2.45, 2.75) is 0 Å².